The number of halogens is 1. The highest BCUT2D eigenvalue weighted by molar-refractivity contribution is 5.85. The van der Waals surface area contributed by atoms with Crippen molar-refractivity contribution in [3.63, 3.8) is 0 Å². The van der Waals surface area contributed by atoms with Crippen LogP contribution in [0.25, 0.3) is 0 Å². The van der Waals surface area contributed by atoms with Crippen molar-refractivity contribution in [1.82, 2.24) is 10.5 Å². The minimum atomic E-state index is -0.442. The van der Waals surface area contributed by atoms with Crippen LogP contribution in [0.2, 0.25) is 0 Å². The van der Waals surface area contributed by atoms with E-state index in [0.717, 1.165) is 25.9 Å². The van der Waals surface area contributed by atoms with Crippen LogP contribution in [-0.2, 0) is 9.63 Å². The first-order valence-electron chi connectivity index (χ1n) is 5.37. The smallest absolute Gasteiger partial charge is 0.330 e. The SMILES string of the molecule is CC(C)(C)C(=O)ON1CCC(NN)CC1.Cl. The third-order valence-corrected chi connectivity index (χ3v) is 2.51. The molecule has 0 aromatic carbocycles. The number of hydrogen-bond donors (Lipinski definition) is 2. The van der Waals surface area contributed by atoms with Crippen molar-refractivity contribution in [2.75, 3.05) is 13.1 Å². The lowest BCUT2D eigenvalue weighted by Crippen LogP contribution is -2.46. The summed E-state index contributed by atoms with van der Waals surface area (Å²) in [5, 5.41) is 1.72. The molecule has 5 nitrogen and oxygen atoms in total. The molecule has 1 rings (SSSR count). The van der Waals surface area contributed by atoms with Crippen LogP contribution in [-0.4, -0.2) is 30.2 Å². The lowest BCUT2D eigenvalue weighted by Gasteiger charge is -2.31. The molecule has 0 unspecified atom stereocenters. The average Bonchev–Trinajstić information content (AvgIpc) is 2.17. The largest absolute Gasteiger partial charge is 0.367 e. The maximum Gasteiger partial charge on any atom is 0.330 e. The summed E-state index contributed by atoms with van der Waals surface area (Å²) in [6.45, 7) is 7.05. The van der Waals surface area contributed by atoms with Crippen LogP contribution in [0.5, 0.6) is 0 Å². The van der Waals surface area contributed by atoms with Gasteiger partial charge >= 0.3 is 5.97 Å². The van der Waals surface area contributed by atoms with Crippen molar-refractivity contribution in [2.24, 2.45) is 11.3 Å². The van der Waals surface area contributed by atoms with E-state index in [2.05, 4.69) is 5.43 Å². The number of hydroxylamine groups is 2. The molecule has 3 N–H and O–H groups in total. The van der Waals surface area contributed by atoms with Gasteiger partial charge in [-0.15, -0.1) is 17.5 Å². The van der Waals surface area contributed by atoms with Crippen molar-refractivity contribution < 1.29 is 9.63 Å². The fourth-order valence-electron chi connectivity index (χ4n) is 1.37. The molecule has 0 aliphatic carbocycles. The Labute approximate surface area is 103 Å². The van der Waals surface area contributed by atoms with E-state index < -0.39 is 5.41 Å². The van der Waals surface area contributed by atoms with E-state index >= 15 is 0 Å². The molecule has 0 radical (unpaired) electrons. The van der Waals surface area contributed by atoms with Gasteiger partial charge in [0, 0.05) is 19.1 Å². The summed E-state index contributed by atoms with van der Waals surface area (Å²) in [6, 6.07) is 0.342. The number of nitrogens with one attached hydrogen (secondary N) is 1. The number of nitrogens with two attached hydrogens (primary N) is 1. The highest BCUT2D eigenvalue weighted by atomic mass is 35.5. The van der Waals surface area contributed by atoms with Gasteiger partial charge in [0.2, 0.25) is 0 Å². The van der Waals surface area contributed by atoms with E-state index in [1.54, 1.807) is 5.06 Å². The Morgan fingerprint density at radius 3 is 2.25 bits per heavy atom. The summed E-state index contributed by atoms with van der Waals surface area (Å²) in [6.07, 6.45) is 1.82. The summed E-state index contributed by atoms with van der Waals surface area (Å²) in [5.41, 5.74) is 2.30. The lowest BCUT2D eigenvalue weighted by molar-refractivity contribution is -0.204. The van der Waals surface area contributed by atoms with Crippen LogP contribution in [0.15, 0.2) is 0 Å². The maximum atomic E-state index is 11.6. The minimum absolute atomic E-state index is 0. The third-order valence-electron chi connectivity index (χ3n) is 2.51. The summed E-state index contributed by atoms with van der Waals surface area (Å²) < 4.78 is 0. The summed E-state index contributed by atoms with van der Waals surface area (Å²) >= 11 is 0. The minimum Gasteiger partial charge on any atom is -0.367 e. The van der Waals surface area contributed by atoms with Crippen LogP contribution < -0.4 is 11.3 Å². The molecule has 0 spiro atoms. The number of piperidine rings is 1. The van der Waals surface area contributed by atoms with Crippen LogP contribution in [0.4, 0.5) is 0 Å². The third kappa shape index (κ3) is 4.65. The fraction of sp³-hybridized carbons (Fsp3) is 0.900. The van der Waals surface area contributed by atoms with Gasteiger partial charge < -0.3 is 4.84 Å². The highest BCUT2D eigenvalue weighted by Gasteiger charge is 2.27. The number of hydrazine groups is 1. The van der Waals surface area contributed by atoms with Gasteiger partial charge in [-0.25, -0.2) is 4.79 Å². The Morgan fingerprint density at radius 2 is 1.88 bits per heavy atom. The molecule has 1 saturated heterocycles. The van der Waals surface area contributed by atoms with Gasteiger partial charge in [0.1, 0.15) is 0 Å². The predicted molar refractivity (Wildman–Crippen MR) is 64.7 cm³/mol. The molecule has 1 aliphatic heterocycles. The van der Waals surface area contributed by atoms with E-state index in [1.807, 2.05) is 20.8 Å². The fourth-order valence-corrected chi connectivity index (χ4v) is 1.37. The molecule has 0 aromatic rings. The van der Waals surface area contributed by atoms with Crippen molar-refractivity contribution >= 4 is 18.4 Å². The molecule has 1 heterocycles. The number of nitrogens with zero attached hydrogens (tertiary/aromatic N) is 1. The Kier molecular flexibility index (Phi) is 6.25. The number of carbonyl (C=O) groups is 1. The monoisotopic (exact) mass is 251 g/mol. The molecule has 0 amide bonds. The number of rotatable bonds is 2. The molecule has 0 atom stereocenters. The van der Waals surface area contributed by atoms with Crippen LogP contribution >= 0.6 is 12.4 Å². The van der Waals surface area contributed by atoms with E-state index in [4.69, 9.17) is 10.7 Å². The first-order chi connectivity index (χ1) is 6.93. The lowest BCUT2D eigenvalue weighted by atomic mass is 9.98. The van der Waals surface area contributed by atoms with E-state index in [1.165, 1.54) is 0 Å². The summed E-state index contributed by atoms with van der Waals surface area (Å²) in [5.74, 6) is 5.16. The Hall–Kier alpha value is -0.360. The topological polar surface area (TPSA) is 67.6 Å². The molecule has 96 valence electrons. The highest BCUT2D eigenvalue weighted by Crippen LogP contribution is 2.18. The first kappa shape index (κ1) is 15.6. The second-order valence-corrected chi connectivity index (χ2v) is 5.00. The molecule has 0 saturated carbocycles. The van der Waals surface area contributed by atoms with Crippen LogP contribution in [0.1, 0.15) is 33.6 Å². The van der Waals surface area contributed by atoms with Crippen molar-refractivity contribution in [2.45, 2.75) is 39.7 Å². The molecule has 16 heavy (non-hydrogen) atoms. The quantitative estimate of drug-likeness (QED) is 0.562. The second kappa shape index (κ2) is 6.39. The maximum absolute atomic E-state index is 11.6. The molecule has 0 aromatic heterocycles. The number of hydrogen-bond acceptors (Lipinski definition) is 5. The zero-order valence-corrected chi connectivity index (χ0v) is 11.0. The van der Waals surface area contributed by atoms with E-state index in [-0.39, 0.29) is 18.4 Å². The van der Waals surface area contributed by atoms with Gasteiger partial charge in [0.25, 0.3) is 0 Å². The average molecular weight is 252 g/mol. The Bertz CT molecular complexity index is 223. The predicted octanol–water partition coefficient (Wildman–Crippen LogP) is 0.840. The van der Waals surface area contributed by atoms with E-state index in [9.17, 15) is 4.79 Å². The normalized spacial score (nSPS) is 19.0. The van der Waals surface area contributed by atoms with Crippen molar-refractivity contribution in [3.05, 3.63) is 0 Å². The van der Waals surface area contributed by atoms with Gasteiger partial charge in [-0.3, -0.25) is 11.3 Å². The standard InChI is InChI=1S/C10H21N3O2.ClH/c1-10(2,3)9(14)15-13-6-4-8(12-11)5-7-13;/h8,12H,4-7,11H2,1-3H3;1H. The van der Waals surface area contributed by atoms with Gasteiger partial charge in [0.15, 0.2) is 0 Å². The summed E-state index contributed by atoms with van der Waals surface area (Å²) in [4.78, 5) is 16.9. The Morgan fingerprint density at radius 1 is 1.38 bits per heavy atom. The van der Waals surface area contributed by atoms with Crippen molar-refractivity contribution in [1.29, 1.82) is 0 Å². The molecule has 6 heteroatoms. The van der Waals surface area contributed by atoms with Gasteiger partial charge in [-0.05, 0) is 33.6 Å². The van der Waals surface area contributed by atoms with Gasteiger partial charge in [-0.2, -0.15) is 0 Å². The van der Waals surface area contributed by atoms with Gasteiger partial charge in [-0.1, -0.05) is 0 Å². The number of carbonyl (C=O) groups excluding carboxylic acids is 1. The van der Waals surface area contributed by atoms with Crippen LogP contribution in [0.3, 0.4) is 0 Å². The molecular weight excluding hydrogens is 230 g/mol. The van der Waals surface area contributed by atoms with E-state index in [0.29, 0.717) is 6.04 Å². The summed E-state index contributed by atoms with van der Waals surface area (Å²) in [7, 11) is 0. The molecular formula is C10H22ClN3O2. The zero-order chi connectivity index (χ0) is 11.5. The molecule has 0 bridgehead atoms. The first-order valence-corrected chi connectivity index (χ1v) is 5.37. The zero-order valence-electron chi connectivity index (χ0n) is 10.2. The van der Waals surface area contributed by atoms with Crippen molar-refractivity contribution in [3.8, 4) is 0 Å². The molecule has 1 fully saturated rings. The second-order valence-electron chi connectivity index (χ2n) is 5.00. The molecule has 1 aliphatic rings. The van der Waals surface area contributed by atoms with Gasteiger partial charge in [0.05, 0.1) is 5.41 Å². The van der Waals surface area contributed by atoms with Crippen LogP contribution in [0, 0.1) is 5.41 Å². The Balaban J connectivity index is 0.00000225.